The van der Waals surface area contributed by atoms with Crippen molar-refractivity contribution in [3.05, 3.63) is 70.3 Å². The first-order valence-corrected chi connectivity index (χ1v) is 13.1. The van der Waals surface area contributed by atoms with Gasteiger partial charge in [0, 0.05) is 40.7 Å². The van der Waals surface area contributed by atoms with Crippen molar-refractivity contribution in [3.63, 3.8) is 0 Å². The summed E-state index contributed by atoms with van der Waals surface area (Å²) in [6.45, 7) is 4.54. The minimum Gasteiger partial charge on any atom is -0.370 e. The Balaban J connectivity index is 1.48. The standard InChI is InChI=1S/C24H28N2O4S2/c1-3-17-15-20(16(2)25-24(17)28)21-9-10-22(31-21)32(29,30)26-13-11-19(12-14-26)23(27)18-7-5-4-6-8-18/h4-10,15,19,24-25,28H,3,11-14H2,1-2H3. The van der Waals surface area contributed by atoms with Crippen LogP contribution in [-0.4, -0.2) is 42.9 Å². The largest absolute Gasteiger partial charge is 0.370 e. The molecule has 0 saturated carbocycles. The second kappa shape index (κ2) is 9.31. The van der Waals surface area contributed by atoms with Gasteiger partial charge in [-0.25, -0.2) is 8.42 Å². The van der Waals surface area contributed by atoms with Gasteiger partial charge in [0.25, 0.3) is 10.0 Å². The van der Waals surface area contributed by atoms with Crippen LogP contribution in [0.5, 0.6) is 0 Å². The van der Waals surface area contributed by atoms with Crippen LogP contribution in [0, 0.1) is 5.92 Å². The van der Waals surface area contributed by atoms with Gasteiger partial charge in [-0.3, -0.25) is 4.79 Å². The number of ketones is 1. The average molecular weight is 473 g/mol. The van der Waals surface area contributed by atoms with Gasteiger partial charge in [0.05, 0.1) is 0 Å². The Labute approximate surface area is 193 Å². The molecule has 1 saturated heterocycles. The number of nitrogens with one attached hydrogen (secondary N) is 1. The van der Waals surface area contributed by atoms with Gasteiger partial charge < -0.3 is 10.4 Å². The number of Topliss-reactive ketones (excluding diaryl/α,β-unsaturated/α-hetero) is 1. The SMILES string of the molecule is CCC1=CC(c2ccc(S(=O)(=O)N3CCC(C(=O)c4ccccc4)CC3)s2)=C(C)NC1O. The quantitative estimate of drug-likeness (QED) is 0.620. The van der Waals surface area contributed by atoms with E-state index in [1.807, 2.05) is 56.3 Å². The zero-order valence-electron chi connectivity index (χ0n) is 18.2. The molecule has 170 valence electrons. The van der Waals surface area contributed by atoms with Crippen molar-refractivity contribution >= 4 is 32.7 Å². The van der Waals surface area contributed by atoms with Crippen LogP contribution in [0.2, 0.25) is 0 Å². The molecular formula is C24H28N2O4S2. The summed E-state index contributed by atoms with van der Waals surface area (Å²) in [6, 6.07) is 12.7. The Bertz CT molecular complexity index is 1160. The molecular weight excluding hydrogens is 444 g/mol. The maximum absolute atomic E-state index is 13.2. The average Bonchev–Trinajstić information content (AvgIpc) is 3.30. The molecule has 1 aromatic heterocycles. The van der Waals surface area contributed by atoms with Gasteiger partial charge in [-0.1, -0.05) is 37.3 Å². The fourth-order valence-corrected chi connectivity index (χ4v) is 7.23. The number of sulfonamides is 1. The molecule has 8 heteroatoms. The summed E-state index contributed by atoms with van der Waals surface area (Å²) in [5.74, 6) is -0.0538. The van der Waals surface area contributed by atoms with E-state index in [1.54, 1.807) is 6.07 Å². The van der Waals surface area contributed by atoms with Crippen LogP contribution in [-0.2, 0) is 10.0 Å². The predicted molar refractivity (Wildman–Crippen MR) is 127 cm³/mol. The van der Waals surface area contributed by atoms with Crippen LogP contribution in [0.1, 0.15) is 48.3 Å². The van der Waals surface area contributed by atoms with E-state index in [0.717, 1.165) is 21.7 Å². The second-order valence-corrected chi connectivity index (χ2v) is 11.4. The first-order chi connectivity index (χ1) is 15.3. The Morgan fingerprint density at radius 3 is 2.50 bits per heavy atom. The third-order valence-corrected chi connectivity index (χ3v) is 9.65. The number of rotatable bonds is 6. The number of thiophene rings is 1. The molecule has 0 amide bonds. The van der Waals surface area contributed by atoms with Crippen LogP contribution < -0.4 is 5.32 Å². The highest BCUT2D eigenvalue weighted by Gasteiger charge is 2.33. The lowest BCUT2D eigenvalue weighted by molar-refractivity contribution is 0.0875. The molecule has 2 N–H and O–H groups in total. The second-order valence-electron chi connectivity index (χ2n) is 8.19. The molecule has 2 aliphatic rings. The van der Waals surface area contributed by atoms with Crippen molar-refractivity contribution in [2.24, 2.45) is 5.92 Å². The minimum absolute atomic E-state index is 0.0916. The fourth-order valence-electron chi connectivity index (χ4n) is 4.23. The summed E-state index contributed by atoms with van der Waals surface area (Å²) in [4.78, 5) is 13.6. The Kier molecular flexibility index (Phi) is 6.67. The number of allylic oxidation sites excluding steroid dienone is 3. The fraction of sp³-hybridized carbons (Fsp3) is 0.375. The number of hydrogen-bond acceptors (Lipinski definition) is 6. The molecule has 32 heavy (non-hydrogen) atoms. The van der Waals surface area contributed by atoms with E-state index in [4.69, 9.17) is 0 Å². The van der Waals surface area contributed by atoms with Crippen molar-refractivity contribution in [1.82, 2.24) is 9.62 Å². The zero-order valence-corrected chi connectivity index (χ0v) is 19.9. The van der Waals surface area contributed by atoms with Gasteiger partial charge >= 0.3 is 0 Å². The lowest BCUT2D eigenvalue weighted by Gasteiger charge is -2.30. The minimum atomic E-state index is -3.61. The third kappa shape index (κ3) is 4.45. The molecule has 4 rings (SSSR count). The van der Waals surface area contributed by atoms with E-state index in [-0.39, 0.29) is 11.7 Å². The maximum atomic E-state index is 13.2. The van der Waals surface area contributed by atoms with E-state index in [2.05, 4.69) is 5.32 Å². The first kappa shape index (κ1) is 22.9. The molecule has 1 fully saturated rings. The predicted octanol–water partition coefficient (Wildman–Crippen LogP) is 4.02. The number of carbonyl (C=O) groups excluding carboxylic acids is 1. The molecule has 2 aromatic rings. The number of nitrogens with zero attached hydrogens (tertiary/aromatic N) is 1. The smallest absolute Gasteiger partial charge is 0.252 e. The monoisotopic (exact) mass is 472 g/mol. The summed E-state index contributed by atoms with van der Waals surface area (Å²) < 4.78 is 28.3. The summed E-state index contributed by atoms with van der Waals surface area (Å²) >= 11 is 1.24. The molecule has 0 aliphatic carbocycles. The highest BCUT2D eigenvalue weighted by atomic mass is 32.2. The molecule has 0 spiro atoms. The van der Waals surface area contributed by atoms with Crippen molar-refractivity contribution in [1.29, 1.82) is 0 Å². The van der Waals surface area contributed by atoms with E-state index >= 15 is 0 Å². The molecule has 1 atom stereocenters. The van der Waals surface area contributed by atoms with Crippen molar-refractivity contribution < 1.29 is 18.3 Å². The van der Waals surface area contributed by atoms with Gasteiger partial charge in [0.15, 0.2) is 5.78 Å². The van der Waals surface area contributed by atoms with Gasteiger partial charge in [0.2, 0.25) is 0 Å². The van der Waals surface area contributed by atoms with Gasteiger partial charge in [-0.15, -0.1) is 11.3 Å². The first-order valence-electron chi connectivity index (χ1n) is 10.9. The zero-order chi connectivity index (χ0) is 22.9. The number of dihydropyridines is 1. The van der Waals surface area contributed by atoms with Crippen molar-refractivity contribution in [2.75, 3.05) is 13.1 Å². The van der Waals surface area contributed by atoms with Gasteiger partial charge in [-0.05, 0) is 50.0 Å². The molecule has 1 unspecified atom stereocenters. The van der Waals surface area contributed by atoms with E-state index in [9.17, 15) is 18.3 Å². The van der Waals surface area contributed by atoms with Gasteiger partial charge in [0.1, 0.15) is 10.4 Å². The van der Waals surface area contributed by atoms with Crippen LogP contribution in [0.15, 0.2) is 64.0 Å². The van der Waals surface area contributed by atoms with Crippen molar-refractivity contribution in [2.45, 2.75) is 43.5 Å². The summed E-state index contributed by atoms with van der Waals surface area (Å²) in [5.41, 5.74) is 3.28. The molecule has 0 bridgehead atoms. The summed E-state index contributed by atoms with van der Waals surface area (Å²) in [7, 11) is -3.61. The van der Waals surface area contributed by atoms with Crippen LogP contribution in [0.3, 0.4) is 0 Å². The number of piperidine rings is 1. The summed E-state index contributed by atoms with van der Waals surface area (Å²) in [5, 5.41) is 13.2. The highest BCUT2D eigenvalue weighted by Crippen LogP contribution is 2.35. The number of carbonyl (C=O) groups is 1. The van der Waals surface area contributed by atoms with E-state index < -0.39 is 16.3 Å². The Morgan fingerprint density at radius 1 is 1.16 bits per heavy atom. The molecule has 0 radical (unpaired) electrons. The number of aliphatic hydroxyl groups is 1. The van der Waals surface area contributed by atoms with Gasteiger partial charge in [-0.2, -0.15) is 4.31 Å². The lowest BCUT2D eigenvalue weighted by Crippen LogP contribution is -2.40. The number of hydrogen-bond donors (Lipinski definition) is 2. The maximum Gasteiger partial charge on any atom is 0.252 e. The number of aliphatic hydroxyl groups excluding tert-OH is 1. The normalized spacial score (nSPS) is 20.7. The topological polar surface area (TPSA) is 86.7 Å². The molecule has 3 heterocycles. The number of benzene rings is 1. The van der Waals surface area contributed by atoms with Crippen LogP contribution in [0.25, 0.3) is 5.57 Å². The van der Waals surface area contributed by atoms with E-state index in [1.165, 1.54) is 15.6 Å². The lowest BCUT2D eigenvalue weighted by atomic mass is 9.90. The van der Waals surface area contributed by atoms with Crippen molar-refractivity contribution in [3.8, 4) is 0 Å². The molecule has 1 aromatic carbocycles. The third-order valence-electron chi connectivity index (χ3n) is 6.17. The van der Waals surface area contributed by atoms with Crippen LogP contribution >= 0.6 is 11.3 Å². The summed E-state index contributed by atoms with van der Waals surface area (Å²) in [6.07, 6.45) is 3.00. The molecule has 6 nitrogen and oxygen atoms in total. The van der Waals surface area contributed by atoms with Crippen LogP contribution in [0.4, 0.5) is 0 Å². The molecule has 2 aliphatic heterocycles. The Morgan fingerprint density at radius 2 is 1.84 bits per heavy atom. The Hall–Kier alpha value is -2.26. The van der Waals surface area contributed by atoms with E-state index in [0.29, 0.717) is 42.1 Å². The highest BCUT2D eigenvalue weighted by molar-refractivity contribution is 7.91.